The normalized spacial score (nSPS) is 22.1. The van der Waals surface area contributed by atoms with Crippen LogP contribution in [0.4, 0.5) is 32.3 Å². The van der Waals surface area contributed by atoms with Crippen molar-refractivity contribution in [3.05, 3.63) is 45.6 Å². The van der Waals surface area contributed by atoms with Crippen molar-refractivity contribution in [2.24, 2.45) is 5.41 Å². The van der Waals surface area contributed by atoms with Gasteiger partial charge in [-0.15, -0.1) is 0 Å². The average molecular weight is 545 g/mol. The Morgan fingerprint density at radius 2 is 1.68 bits per heavy atom. The molecule has 0 radical (unpaired) electrons. The van der Waals surface area contributed by atoms with Crippen LogP contribution in [0.2, 0.25) is 0 Å². The number of aromatic nitrogens is 4. The van der Waals surface area contributed by atoms with Crippen molar-refractivity contribution in [2.45, 2.75) is 44.1 Å². The zero-order valence-corrected chi connectivity index (χ0v) is 20.1. The molecule has 15 heteroatoms. The molecule has 38 heavy (non-hydrogen) atoms. The second kappa shape index (κ2) is 9.50. The van der Waals surface area contributed by atoms with E-state index in [-0.39, 0.29) is 29.5 Å². The first-order valence-electron chi connectivity index (χ1n) is 12.2. The van der Waals surface area contributed by atoms with Gasteiger partial charge in [-0.3, -0.25) is 14.5 Å². The fourth-order valence-corrected chi connectivity index (χ4v) is 5.49. The monoisotopic (exact) mass is 545 g/mol. The highest BCUT2D eigenvalue weighted by molar-refractivity contribution is 5.79. The summed E-state index contributed by atoms with van der Waals surface area (Å²) in [6, 6.07) is 0.262. The molecule has 0 aliphatic carbocycles. The van der Waals surface area contributed by atoms with Gasteiger partial charge in [0.25, 0.3) is 5.56 Å². The number of alkyl halides is 6. The summed E-state index contributed by atoms with van der Waals surface area (Å²) in [6.07, 6.45) is -5.08. The predicted molar refractivity (Wildman–Crippen MR) is 121 cm³/mol. The maximum Gasteiger partial charge on any atom is 0.421 e. The minimum atomic E-state index is -4.80. The standard InChI is InChI=1S/C23H25F6N7O2/c24-22(25,26)14-9-30-20(31-10-14)34-6-3-21(4-7-34)12-36(13-21)18(37)11-35-5-1-2-17(35)16-8-15(23(27,28)29)19(38)33-32-16/h8-10,17H,1-7,11-13H2,(H,33,38). The Balaban J connectivity index is 1.15. The lowest BCUT2D eigenvalue weighted by atomic mass is 9.72. The Morgan fingerprint density at radius 3 is 2.29 bits per heavy atom. The second-order valence-electron chi connectivity index (χ2n) is 10.2. The first-order chi connectivity index (χ1) is 17.8. The van der Waals surface area contributed by atoms with Crippen LogP contribution in [0.5, 0.6) is 0 Å². The van der Waals surface area contributed by atoms with Gasteiger partial charge in [0.05, 0.1) is 23.8 Å². The van der Waals surface area contributed by atoms with E-state index < -0.39 is 35.1 Å². The number of halogens is 6. The van der Waals surface area contributed by atoms with Crippen LogP contribution >= 0.6 is 0 Å². The minimum Gasteiger partial charge on any atom is -0.341 e. The molecule has 1 atom stereocenters. The van der Waals surface area contributed by atoms with Crippen molar-refractivity contribution in [1.82, 2.24) is 30.0 Å². The van der Waals surface area contributed by atoms with E-state index in [4.69, 9.17) is 0 Å². The molecular weight excluding hydrogens is 520 g/mol. The Bertz CT molecular complexity index is 1230. The zero-order valence-electron chi connectivity index (χ0n) is 20.1. The summed E-state index contributed by atoms with van der Waals surface area (Å²) < 4.78 is 77.7. The van der Waals surface area contributed by atoms with Crippen molar-refractivity contribution in [1.29, 1.82) is 0 Å². The first kappa shape index (κ1) is 26.4. The van der Waals surface area contributed by atoms with Gasteiger partial charge in [-0.1, -0.05) is 0 Å². The lowest BCUT2D eigenvalue weighted by Gasteiger charge is -2.54. The number of nitrogens with zero attached hydrogens (tertiary/aromatic N) is 6. The predicted octanol–water partition coefficient (Wildman–Crippen LogP) is 2.86. The summed E-state index contributed by atoms with van der Waals surface area (Å²) >= 11 is 0. The summed E-state index contributed by atoms with van der Waals surface area (Å²) in [6.45, 7) is 2.76. The molecule has 1 amide bonds. The Morgan fingerprint density at radius 1 is 1.03 bits per heavy atom. The molecule has 206 valence electrons. The number of hydrogen-bond donors (Lipinski definition) is 1. The van der Waals surface area contributed by atoms with Crippen LogP contribution in [0.3, 0.4) is 0 Å². The highest BCUT2D eigenvalue weighted by atomic mass is 19.4. The number of aromatic amines is 1. The van der Waals surface area contributed by atoms with Gasteiger partial charge in [-0.25, -0.2) is 15.1 Å². The molecule has 3 aliphatic rings. The Labute approximate surface area is 212 Å². The van der Waals surface area contributed by atoms with Crippen LogP contribution in [-0.2, 0) is 17.1 Å². The highest BCUT2D eigenvalue weighted by Gasteiger charge is 2.47. The van der Waals surface area contributed by atoms with Crippen molar-refractivity contribution < 1.29 is 31.1 Å². The van der Waals surface area contributed by atoms with Crippen LogP contribution in [0, 0.1) is 5.41 Å². The zero-order chi connectivity index (χ0) is 27.3. The van der Waals surface area contributed by atoms with E-state index in [9.17, 15) is 35.9 Å². The van der Waals surface area contributed by atoms with E-state index in [0.717, 1.165) is 31.3 Å². The van der Waals surface area contributed by atoms with E-state index >= 15 is 0 Å². The number of rotatable bonds is 4. The number of carbonyl (C=O) groups is 1. The molecule has 5 heterocycles. The number of piperidine rings is 1. The van der Waals surface area contributed by atoms with Gasteiger partial charge >= 0.3 is 12.4 Å². The second-order valence-corrected chi connectivity index (χ2v) is 10.2. The molecule has 1 N–H and O–H groups in total. The van der Waals surface area contributed by atoms with Gasteiger partial charge in [-0.2, -0.15) is 31.4 Å². The van der Waals surface area contributed by atoms with Crippen molar-refractivity contribution in [2.75, 3.05) is 44.2 Å². The minimum absolute atomic E-state index is 0.0361. The SMILES string of the molecule is O=C(CN1CCCC1c1cc(C(F)(F)F)c(=O)[nH]n1)N1CC2(CCN(c3ncc(C(F)(F)F)cn3)CC2)C1. The molecule has 1 spiro atoms. The third kappa shape index (κ3) is 5.20. The van der Waals surface area contributed by atoms with Crippen molar-refractivity contribution in [3.63, 3.8) is 0 Å². The van der Waals surface area contributed by atoms with Crippen LogP contribution < -0.4 is 10.5 Å². The van der Waals surface area contributed by atoms with E-state index in [0.29, 0.717) is 45.6 Å². The first-order valence-corrected chi connectivity index (χ1v) is 12.2. The summed E-state index contributed by atoms with van der Waals surface area (Å²) in [5, 5.41) is 5.74. The average Bonchev–Trinajstić information content (AvgIpc) is 3.29. The molecule has 3 saturated heterocycles. The molecule has 3 aliphatic heterocycles. The lowest BCUT2D eigenvalue weighted by molar-refractivity contribution is -0.146. The van der Waals surface area contributed by atoms with Crippen LogP contribution in [0.25, 0.3) is 0 Å². The summed E-state index contributed by atoms with van der Waals surface area (Å²) in [7, 11) is 0. The van der Waals surface area contributed by atoms with Gasteiger partial charge in [0.1, 0.15) is 5.56 Å². The molecular formula is C23H25F6N7O2. The fraction of sp³-hybridized carbons (Fsp3) is 0.609. The maximum atomic E-state index is 13.2. The van der Waals surface area contributed by atoms with Crippen LogP contribution in [0.1, 0.15) is 48.5 Å². The van der Waals surface area contributed by atoms with E-state index in [1.54, 1.807) is 9.80 Å². The molecule has 3 fully saturated rings. The number of H-pyrrole nitrogens is 1. The van der Waals surface area contributed by atoms with E-state index in [2.05, 4.69) is 15.1 Å². The third-order valence-electron chi connectivity index (χ3n) is 7.65. The largest absolute Gasteiger partial charge is 0.421 e. The number of amides is 1. The quantitative estimate of drug-likeness (QED) is 0.591. The Kier molecular flexibility index (Phi) is 6.60. The molecule has 2 aromatic heterocycles. The van der Waals surface area contributed by atoms with Gasteiger partial charge < -0.3 is 9.80 Å². The number of nitrogens with one attached hydrogen (secondary N) is 1. The number of hydrogen-bond acceptors (Lipinski definition) is 7. The molecule has 0 bridgehead atoms. The van der Waals surface area contributed by atoms with Gasteiger partial charge in [0.15, 0.2) is 0 Å². The molecule has 0 saturated carbocycles. The number of carbonyl (C=O) groups excluding carboxylic acids is 1. The van der Waals surface area contributed by atoms with Crippen LogP contribution in [-0.4, -0.2) is 75.1 Å². The molecule has 1 unspecified atom stereocenters. The molecule has 5 rings (SSSR count). The number of anilines is 1. The van der Waals surface area contributed by atoms with Gasteiger partial charge in [-0.05, 0) is 38.3 Å². The topological polar surface area (TPSA) is 98.3 Å². The van der Waals surface area contributed by atoms with Gasteiger partial charge in [0, 0.05) is 44.0 Å². The lowest BCUT2D eigenvalue weighted by Crippen LogP contribution is -2.63. The Hall–Kier alpha value is -3.23. The summed E-state index contributed by atoms with van der Waals surface area (Å²) in [5.74, 6) is 0.112. The third-order valence-corrected chi connectivity index (χ3v) is 7.65. The highest BCUT2D eigenvalue weighted by Crippen LogP contribution is 2.42. The molecule has 9 nitrogen and oxygen atoms in total. The molecule has 2 aromatic rings. The maximum absolute atomic E-state index is 13.2. The summed E-state index contributed by atoms with van der Waals surface area (Å²) in [5.41, 5.74) is -3.51. The van der Waals surface area contributed by atoms with Crippen molar-refractivity contribution in [3.8, 4) is 0 Å². The van der Waals surface area contributed by atoms with Gasteiger partial charge in [0.2, 0.25) is 11.9 Å². The van der Waals surface area contributed by atoms with Crippen LogP contribution in [0.15, 0.2) is 23.3 Å². The fourth-order valence-electron chi connectivity index (χ4n) is 5.49. The van der Waals surface area contributed by atoms with E-state index in [1.807, 2.05) is 10.00 Å². The number of likely N-dealkylation sites (tertiary alicyclic amines) is 2. The summed E-state index contributed by atoms with van der Waals surface area (Å²) in [4.78, 5) is 37.6. The smallest absolute Gasteiger partial charge is 0.341 e. The molecule has 0 aromatic carbocycles. The van der Waals surface area contributed by atoms with E-state index in [1.165, 1.54) is 0 Å². The van der Waals surface area contributed by atoms with Crippen molar-refractivity contribution >= 4 is 11.9 Å².